The van der Waals surface area contributed by atoms with Gasteiger partial charge in [0, 0.05) is 32.3 Å². The first kappa shape index (κ1) is 19.2. The summed E-state index contributed by atoms with van der Waals surface area (Å²) < 4.78 is 13.7. The van der Waals surface area contributed by atoms with E-state index in [1.807, 2.05) is 12.1 Å². The molecular formula is C32H20O2S. The molecule has 2 atom stereocenters. The zero-order valence-electron chi connectivity index (χ0n) is 18.8. The van der Waals surface area contributed by atoms with Crippen LogP contribution in [0.1, 0.15) is 17.0 Å². The van der Waals surface area contributed by atoms with Crippen molar-refractivity contribution in [3.63, 3.8) is 0 Å². The number of furan rings is 1. The lowest BCUT2D eigenvalue weighted by Gasteiger charge is -2.19. The molecule has 0 amide bonds. The molecule has 35 heavy (non-hydrogen) atoms. The summed E-state index contributed by atoms with van der Waals surface area (Å²) in [5.74, 6) is 0.231. The van der Waals surface area contributed by atoms with Crippen molar-refractivity contribution in [1.82, 2.24) is 0 Å². The first-order valence-electron chi connectivity index (χ1n) is 11.9. The lowest BCUT2D eigenvalue weighted by atomic mass is 9.86. The highest BCUT2D eigenvalue weighted by molar-refractivity contribution is 7.21. The second kappa shape index (κ2) is 7.21. The van der Waals surface area contributed by atoms with Crippen molar-refractivity contribution in [2.75, 3.05) is 0 Å². The van der Waals surface area contributed by atoms with E-state index in [0.717, 1.165) is 27.0 Å². The minimum atomic E-state index is 0.0745. The standard InChI is InChI=1S/C32H20O2S/c1-2-6-19(7-3-1)20-10-14-29-25(17-20)31-26-18-22(12-15-30(26)35-32(31)34-29)21-11-13-28-24(16-21)23-8-4-5-9-27(23)33-28/h1-18,25,29H. The van der Waals surface area contributed by atoms with E-state index in [-0.39, 0.29) is 12.0 Å². The van der Waals surface area contributed by atoms with Crippen LogP contribution < -0.4 is 4.74 Å². The number of para-hydroxylation sites is 1. The van der Waals surface area contributed by atoms with E-state index in [1.165, 1.54) is 37.9 Å². The van der Waals surface area contributed by atoms with Crippen molar-refractivity contribution in [2.45, 2.75) is 12.0 Å². The second-order valence-corrected chi connectivity index (χ2v) is 10.3. The van der Waals surface area contributed by atoms with Gasteiger partial charge in [-0.2, -0.15) is 0 Å². The Labute approximate surface area is 206 Å². The van der Waals surface area contributed by atoms with E-state index >= 15 is 0 Å². The Bertz CT molecular complexity index is 1830. The van der Waals surface area contributed by atoms with Gasteiger partial charge < -0.3 is 9.15 Å². The predicted molar refractivity (Wildman–Crippen MR) is 145 cm³/mol. The zero-order valence-corrected chi connectivity index (χ0v) is 19.6. The number of fused-ring (bicyclic) bond motifs is 8. The molecule has 0 fully saturated rings. The van der Waals surface area contributed by atoms with Crippen LogP contribution in [-0.2, 0) is 0 Å². The molecule has 0 radical (unpaired) electrons. The van der Waals surface area contributed by atoms with Crippen LogP contribution in [0.3, 0.4) is 0 Å². The lowest BCUT2D eigenvalue weighted by molar-refractivity contribution is 0.275. The van der Waals surface area contributed by atoms with Gasteiger partial charge in [-0.25, -0.2) is 0 Å². The number of hydrogen-bond donors (Lipinski definition) is 0. The fourth-order valence-corrected chi connectivity index (χ4v) is 6.68. The molecule has 1 aliphatic heterocycles. The number of hydrogen-bond acceptors (Lipinski definition) is 3. The Morgan fingerprint density at radius 2 is 1.43 bits per heavy atom. The molecule has 0 spiro atoms. The summed E-state index contributed by atoms with van der Waals surface area (Å²) in [6.45, 7) is 0. The van der Waals surface area contributed by atoms with Crippen LogP contribution in [0.15, 0.2) is 114 Å². The molecule has 166 valence electrons. The monoisotopic (exact) mass is 468 g/mol. The van der Waals surface area contributed by atoms with Gasteiger partial charge in [0.2, 0.25) is 0 Å². The highest BCUT2D eigenvalue weighted by atomic mass is 32.1. The van der Waals surface area contributed by atoms with Gasteiger partial charge in [-0.15, -0.1) is 0 Å². The summed E-state index contributed by atoms with van der Waals surface area (Å²) >= 11 is 1.76. The lowest BCUT2D eigenvalue weighted by Crippen LogP contribution is -2.17. The van der Waals surface area contributed by atoms with E-state index in [4.69, 9.17) is 9.15 Å². The van der Waals surface area contributed by atoms with Gasteiger partial charge in [-0.1, -0.05) is 84.2 Å². The zero-order chi connectivity index (χ0) is 22.9. The molecule has 1 aliphatic carbocycles. The molecule has 0 saturated heterocycles. The fourth-order valence-electron chi connectivity index (χ4n) is 5.55. The quantitative estimate of drug-likeness (QED) is 0.253. The third kappa shape index (κ3) is 2.88. The smallest absolute Gasteiger partial charge is 0.179 e. The van der Waals surface area contributed by atoms with Crippen LogP contribution >= 0.6 is 11.3 Å². The molecule has 3 heterocycles. The van der Waals surface area contributed by atoms with Crippen molar-refractivity contribution < 1.29 is 9.15 Å². The van der Waals surface area contributed by atoms with E-state index in [9.17, 15) is 0 Å². The summed E-state index contributed by atoms with van der Waals surface area (Å²) in [7, 11) is 0. The van der Waals surface area contributed by atoms with Crippen LogP contribution in [0.25, 0.3) is 48.7 Å². The van der Waals surface area contributed by atoms with Gasteiger partial charge in [0.05, 0.1) is 0 Å². The van der Waals surface area contributed by atoms with Gasteiger partial charge >= 0.3 is 0 Å². The molecule has 4 aromatic carbocycles. The van der Waals surface area contributed by atoms with Crippen molar-refractivity contribution in [3.05, 3.63) is 120 Å². The Morgan fingerprint density at radius 1 is 0.657 bits per heavy atom. The van der Waals surface area contributed by atoms with Gasteiger partial charge in [0.1, 0.15) is 17.3 Å². The van der Waals surface area contributed by atoms with E-state index < -0.39 is 0 Å². The molecule has 0 saturated carbocycles. The summed E-state index contributed by atoms with van der Waals surface area (Å²) in [6.07, 6.45) is 6.87. The van der Waals surface area contributed by atoms with Gasteiger partial charge in [0.25, 0.3) is 0 Å². The van der Waals surface area contributed by atoms with E-state index in [2.05, 4.69) is 97.1 Å². The molecule has 0 bridgehead atoms. The molecular weight excluding hydrogens is 448 g/mol. The average molecular weight is 469 g/mol. The minimum absolute atomic E-state index is 0.0745. The minimum Gasteiger partial charge on any atom is -0.475 e. The molecule has 3 heteroatoms. The molecule has 2 aromatic heterocycles. The molecule has 6 aromatic rings. The van der Waals surface area contributed by atoms with Crippen molar-refractivity contribution in [1.29, 1.82) is 0 Å². The fraction of sp³-hybridized carbons (Fsp3) is 0.0625. The van der Waals surface area contributed by atoms with Gasteiger partial charge in [0.15, 0.2) is 5.06 Å². The molecule has 2 nitrogen and oxygen atoms in total. The highest BCUT2D eigenvalue weighted by Gasteiger charge is 2.36. The van der Waals surface area contributed by atoms with Crippen LogP contribution in [0.2, 0.25) is 0 Å². The summed E-state index contributed by atoms with van der Waals surface area (Å²) in [6, 6.07) is 32.2. The molecule has 0 N–H and O–H groups in total. The normalized spacial score (nSPS) is 18.6. The average Bonchev–Trinajstić information content (AvgIpc) is 3.57. The van der Waals surface area contributed by atoms with E-state index in [1.54, 1.807) is 11.3 Å². The SMILES string of the molecule is C1=CC2Oc3sc4ccc(-c5ccc6oc7ccccc7c6c5)cc4c3C2C=C1c1ccccc1. The largest absolute Gasteiger partial charge is 0.475 e. The Balaban J connectivity index is 1.26. The van der Waals surface area contributed by atoms with Crippen LogP contribution in [0, 0.1) is 0 Å². The molecule has 2 aliphatic rings. The summed E-state index contributed by atoms with van der Waals surface area (Å²) in [4.78, 5) is 0. The maximum Gasteiger partial charge on any atom is 0.179 e. The Morgan fingerprint density at radius 3 is 2.34 bits per heavy atom. The topological polar surface area (TPSA) is 22.4 Å². The van der Waals surface area contributed by atoms with Crippen molar-refractivity contribution in [2.24, 2.45) is 0 Å². The van der Waals surface area contributed by atoms with Crippen LogP contribution in [0.4, 0.5) is 0 Å². The Kier molecular flexibility index (Phi) is 3.96. The van der Waals surface area contributed by atoms with Crippen molar-refractivity contribution in [3.8, 4) is 16.2 Å². The number of allylic oxidation sites excluding steroid dienone is 2. The van der Waals surface area contributed by atoms with E-state index in [0.29, 0.717) is 0 Å². The molecule has 2 unspecified atom stereocenters. The summed E-state index contributed by atoms with van der Waals surface area (Å²) in [5.41, 5.74) is 8.10. The van der Waals surface area contributed by atoms with Gasteiger partial charge in [-0.05, 0) is 58.7 Å². The predicted octanol–water partition coefficient (Wildman–Crippen LogP) is 8.97. The Hall–Kier alpha value is -4.08. The number of benzene rings is 4. The number of ether oxygens (including phenoxy) is 1. The number of rotatable bonds is 2. The first-order valence-corrected chi connectivity index (χ1v) is 12.7. The highest BCUT2D eigenvalue weighted by Crippen LogP contribution is 2.52. The second-order valence-electron chi connectivity index (χ2n) is 9.28. The molecule has 8 rings (SSSR count). The number of thiophene rings is 1. The maximum absolute atomic E-state index is 6.40. The maximum atomic E-state index is 6.40. The third-order valence-electron chi connectivity index (χ3n) is 7.26. The van der Waals surface area contributed by atoms with Crippen LogP contribution in [0.5, 0.6) is 5.06 Å². The van der Waals surface area contributed by atoms with Crippen LogP contribution in [-0.4, -0.2) is 6.10 Å². The summed E-state index contributed by atoms with van der Waals surface area (Å²) in [5, 5.41) is 4.67. The first-order chi connectivity index (χ1) is 17.3. The van der Waals surface area contributed by atoms with Crippen molar-refractivity contribution >= 4 is 48.9 Å². The van der Waals surface area contributed by atoms with Gasteiger partial charge in [-0.3, -0.25) is 0 Å². The third-order valence-corrected chi connectivity index (χ3v) is 8.34.